The van der Waals surface area contributed by atoms with Crippen molar-refractivity contribution < 1.29 is 4.79 Å². The minimum atomic E-state index is -0.135. The van der Waals surface area contributed by atoms with Crippen LogP contribution in [0, 0.1) is 18.8 Å². The van der Waals surface area contributed by atoms with Gasteiger partial charge in [-0.3, -0.25) is 0 Å². The van der Waals surface area contributed by atoms with Crippen LogP contribution in [0.2, 0.25) is 5.15 Å². The van der Waals surface area contributed by atoms with Gasteiger partial charge in [0.2, 0.25) is 0 Å². The number of aromatic nitrogens is 1. The molecule has 1 heterocycles. The number of carbonyl (C=O) groups is 1. The molecule has 0 saturated heterocycles. The first-order valence-electron chi connectivity index (χ1n) is 7.81. The van der Waals surface area contributed by atoms with Crippen molar-refractivity contribution in [1.82, 2.24) is 10.3 Å². The first kappa shape index (κ1) is 14.6. The van der Waals surface area contributed by atoms with E-state index >= 15 is 0 Å². The molecule has 0 unspecified atom stereocenters. The normalized spacial score (nSPS) is 25.4. The molecule has 1 aromatic heterocycles. The molecule has 2 saturated carbocycles. The Labute approximate surface area is 130 Å². The Hall–Kier alpha value is -1.29. The molecule has 1 aromatic rings. The SMILES string of the molecule is Cc1cc(Cl)ncc1NC(=O)N[C@@H]1CCC[C@H](C2CC2)C1. The summed E-state index contributed by atoms with van der Waals surface area (Å²) in [5.74, 6) is 1.75. The standard InChI is InChI=1S/C16H22ClN3O/c1-10-7-15(17)18-9-14(10)20-16(21)19-13-4-2-3-12(8-13)11-5-6-11/h7,9,11-13H,2-6,8H2,1H3,(H2,19,20,21)/t12-,13+/m0/s1. The van der Waals surface area contributed by atoms with E-state index in [1.165, 1.54) is 25.7 Å². The van der Waals surface area contributed by atoms with Crippen molar-refractivity contribution in [3.8, 4) is 0 Å². The third-order valence-electron chi connectivity index (χ3n) is 4.66. The third-order valence-corrected chi connectivity index (χ3v) is 4.87. The Bertz CT molecular complexity index is 530. The fraction of sp³-hybridized carbons (Fsp3) is 0.625. The van der Waals surface area contributed by atoms with Crippen molar-refractivity contribution in [2.45, 2.75) is 51.5 Å². The maximum Gasteiger partial charge on any atom is 0.319 e. The zero-order chi connectivity index (χ0) is 14.8. The third kappa shape index (κ3) is 3.88. The van der Waals surface area contributed by atoms with Gasteiger partial charge in [0.15, 0.2) is 0 Å². The molecule has 4 nitrogen and oxygen atoms in total. The number of pyridine rings is 1. The Morgan fingerprint density at radius 2 is 2.10 bits per heavy atom. The van der Waals surface area contributed by atoms with Crippen LogP contribution in [0.15, 0.2) is 12.3 Å². The Kier molecular flexibility index (Phi) is 4.34. The summed E-state index contributed by atoms with van der Waals surface area (Å²) in [6.45, 7) is 1.91. The number of hydrogen-bond acceptors (Lipinski definition) is 2. The Morgan fingerprint density at radius 1 is 1.29 bits per heavy atom. The second-order valence-corrected chi connectivity index (χ2v) is 6.77. The summed E-state index contributed by atoms with van der Waals surface area (Å²) in [6, 6.07) is 1.93. The van der Waals surface area contributed by atoms with Crippen LogP contribution in [0.3, 0.4) is 0 Å². The maximum absolute atomic E-state index is 12.1. The summed E-state index contributed by atoms with van der Waals surface area (Å²) in [5, 5.41) is 6.43. The Balaban J connectivity index is 1.53. The van der Waals surface area contributed by atoms with Crippen LogP contribution in [0.5, 0.6) is 0 Å². The highest BCUT2D eigenvalue weighted by molar-refractivity contribution is 6.29. The number of rotatable bonds is 3. The van der Waals surface area contributed by atoms with E-state index in [4.69, 9.17) is 11.6 Å². The largest absolute Gasteiger partial charge is 0.335 e. The number of carbonyl (C=O) groups excluding carboxylic acids is 1. The van der Waals surface area contributed by atoms with E-state index in [0.717, 1.165) is 30.2 Å². The van der Waals surface area contributed by atoms with E-state index in [0.29, 0.717) is 16.9 Å². The first-order chi connectivity index (χ1) is 10.1. The lowest BCUT2D eigenvalue weighted by atomic mass is 9.83. The number of aryl methyl sites for hydroxylation is 1. The molecule has 2 atom stereocenters. The molecule has 0 bridgehead atoms. The van der Waals surface area contributed by atoms with Crippen LogP contribution >= 0.6 is 11.6 Å². The number of anilines is 1. The quantitative estimate of drug-likeness (QED) is 0.825. The van der Waals surface area contributed by atoms with Gasteiger partial charge in [0.1, 0.15) is 5.15 Å². The summed E-state index contributed by atoms with van der Waals surface area (Å²) < 4.78 is 0. The number of nitrogens with one attached hydrogen (secondary N) is 2. The fourth-order valence-corrected chi connectivity index (χ4v) is 3.56. The molecule has 3 rings (SSSR count). The minimum absolute atomic E-state index is 0.135. The second-order valence-electron chi connectivity index (χ2n) is 6.38. The topological polar surface area (TPSA) is 54.0 Å². The van der Waals surface area contributed by atoms with Crippen LogP contribution in [0.25, 0.3) is 0 Å². The van der Waals surface area contributed by atoms with Crippen molar-refractivity contribution >= 4 is 23.3 Å². The summed E-state index contributed by atoms with van der Waals surface area (Å²) in [4.78, 5) is 16.1. The molecule has 0 radical (unpaired) electrons. The number of amides is 2. The van der Waals surface area contributed by atoms with Crippen LogP contribution < -0.4 is 10.6 Å². The van der Waals surface area contributed by atoms with Crippen LogP contribution in [0.4, 0.5) is 10.5 Å². The lowest BCUT2D eigenvalue weighted by Crippen LogP contribution is -2.41. The van der Waals surface area contributed by atoms with E-state index in [2.05, 4.69) is 15.6 Å². The minimum Gasteiger partial charge on any atom is -0.335 e. The zero-order valence-corrected chi connectivity index (χ0v) is 13.1. The molecule has 5 heteroatoms. The second kappa shape index (κ2) is 6.22. The van der Waals surface area contributed by atoms with Gasteiger partial charge in [-0.15, -0.1) is 0 Å². The van der Waals surface area contributed by atoms with Gasteiger partial charge in [-0.05, 0) is 56.1 Å². The summed E-state index contributed by atoms with van der Waals surface area (Å²) in [7, 11) is 0. The van der Waals surface area contributed by atoms with E-state index < -0.39 is 0 Å². The lowest BCUT2D eigenvalue weighted by Gasteiger charge is -2.29. The van der Waals surface area contributed by atoms with Crippen LogP contribution in [-0.2, 0) is 0 Å². The number of urea groups is 1. The molecule has 21 heavy (non-hydrogen) atoms. The molecule has 2 fully saturated rings. The van der Waals surface area contributed by atoms with Gasteiger partial charge in [-0.1, -0.05) is 24.4 Å². The molecule has 0 aliphatic heterocycles. The van der Waals surface area contributed by atoms with Gasteiger partial charge in [0, 0.05) is 6.04 Å². The van der Waals surface area contributed by atoms with Gasteiger partial charge in [-0.25, -0.2) is 9.78 Å². The van der Waals surface area contributed by atoms with Gasteiger partial charge in [-0.2, -0.15) is 0 Å². The van der Waals surface area contributed by atoms with Crippen molar-refractivity contribution in [2.75, 3.05) is 5.32 Å². The average Bonchev–Trinajstić information content (AvgIpc) is 3.27. The highest BCUT2D eigenvalue weighted by Gasteiger charge is 2.35. The molecular formula is C16H22ClN3O. The molecule has 2 amide bonds. The van der Waals surface area contributed by atoms with Crippen molar-refractivity contribution in [2.24, 2.45) is 11.8 Å². The first-order valence-corrected chi connectivity index (χ1v) is 8.19. The van der Waals surface area contributed by atoms with Gasteiger partial charge in [0.25, 0.3) is 0 Å². The highest BCUT2D eigenvalue weighted by Crippen LogP contribution is 2.43. The van der Waals surface area contributed by atoms with Crippen LogP contribution in [-0.4, -0.2) is 17.1 Å². The van der Waals surface area contributed by atoms with E-state index in [1.54, 1.807) is 12.3 Å². The fourth-order valence-electron chi connectivity index (χ4n) is 3.35. The Morgan fingerprint density at radius 3 is 2.81 bits per heavy atom. The highest BCUT2D eigenvalue weighted by atomic mass is 35.5. The molecular weight excluding hydrogens is 286 g/mol. The van der Waals surface area contributed by atoms with Gasteiger partial charge in [0.05, 0.1) is 11.9 Å². The monoisotopic (exact) mass is 307 g/mol. The lowest BCUT2D eigenvalue weighted by molar-refractivity contribution is 0.230. The summed E-state index contributed by atoms with van der Waals surface area (Å²) in [5.41, 5.74) is 1.64. The summed E-state index contributed by atoms with van der Waals surface area (Å²) in [6.07, 6.45) is 9.17. The van der Waals surface area contributed by atoms with Crippen molar-refractivity contribution in [3.63, 3.8) is 0 Å². The van der Waals surface area contributed by atoms with Crippen molar-refractivity contribution in [3.05, 3.63) is 23.0 Å². The molecule has 2 aliphatic carbocycles. The smallest absolute Gasteiger partial charge is 0.319 e. The molecule has 0 aromatic carbocycles. The molecule has 0 spiro atoms. The van der Waals surface area contributed by atoms with Gasteiger partial charge >= 0.3 is 6.03 Å². The number of nitrogens with zero attached hydrogens (tertiary/aromatic N) is 1. The number of hydrogen-bond donors (Lipinski definition) is 2. The zero-order valence-electron chi connectivity index (χ0n) is 12.4. The van der Waals surface area contributed by atoms with E-state index in [9.17, 15) is 4.79 Å². The number of halogens is 1. The predicted octanol–water partition coefficient (Wildman–Crippen LogP) is 4.13. The van der Waals surface area contributed by atoms with E-state index in [1.807, 2.05) is 6.92 Å². The molecule has 2 aliphatic rings. The van der Waals surface area contributed by atoms with Gasteiger partial charge < -0.3 is 10.6 Å². The molecule has 2 N–H and O–H groups in total. The average molecular weight is 308 g/mol. The van der Waals surface area contributed by atoms with Crippen molar-refractivity contribution in [1.29, 1.82) is 0 Å². The molecule has 114 valence electrons. The van der Waals surface area contributed by atoms with E-state index in [-0.39, 0.29) is 6.03 Å². The predicted molar refractivity (Wildman–Crippen MR) is 84.6 cm³/mol. The maximum atomic E-state index is 12.1. The summed E-state index contributed by atoms with van der Waals surface area (Å²) >= 11 is 5.82. The van der Waals surface area contributed by atoms with Crippen LogP contribution in [0.1, 0.15) is 44.1 Å².